The number of aromatic nitrogens is 1. The summed E-state index contributed by atoms with van der Waals surface area (Å²) in [6, 6.07) is 9.64. The Balaban J connectivity index is 1.55. The summed E-state index contributed by atoms with van der Waals surface area (Å²) < 4.78 is 17.0. The Morgan fingerprint density at radius 2 is 2.07 bits per heavy atom. The predicted molar refractivity (Wildman–Crippen MR) is 164 cm³/mol. The Morgan fingerprint density at radius 1 is 1.31 bits per heavy atom. The fourth-order valence-corrected chi connectivity index (χ4v) is 5.44. The van der Waals surface area contributed by atoms with E-state index >= 15 is 0 Å². The summed E-state index contributed by atoms with van der Waals surface area (Å²) in [6.07, 6.45) is 3.39. The second-order valence-corrected chi connectivity index (χ2v) is 11.2. The van der Waals surface area contributed by atoms with Gasteiger partial charge in [0.15, 0.2) is 0 Å². The van der Waals surface area contributed by atoms with Crippen LogP contribution in [0, 0.1) is 17.7 Å². The van der Waals surface area contributed by atoms with Gasteiger partial charge in [0.1, 0.15) is 23.8 Å². The first-order valence-corrected chi connectivity index (χ1v) is 13.9. The fourth-order valence-electron chi connectivity index (χ4n) is 5.44. The fraction of sp³-hybridized carbons (Fsp3) is 0.364. The number of pyridine rings is 1. The van der Waals surface area contributed by atoms with Crippen molar-refractivity contribution in [1.29, 1.82) is 5.41 Å². The van der Waals surface area contributed by atoms with Gasteiger partial charge in [0.2, 0.25) is 5.88 Å². The van der Waals surface area contributed by atoms with Gasteiger partial charge in [-0.15, -0.1) is 0 Å². The molecule has 0 saturated carbocycles. The molecule has 9 nitrogen and oxygen atoms in total. The van der Waals surface area contributed by atoms with E-state index in [-0.39, 0.29) is 16.9 Å². The third-order valence-corrected chi connectivity index (χ3v) is 7.68. The van der Waals surface area contributed by atoms with Gasteiger partial charge in [-0.3, -0.25) is 4.90 Å². The second-order valence-electron chi connectivity index (χ2n) is 11.2. The molecule has 0 amide bonds. The SMILES string of the molecule is C=C/C(=C(/OCc1ccc2c(c1C)CCN(CC1(C)COC1)C2)C(=C)C)c1cccc(N/C(OC)=C(\C=N)C(=O)O)n1. The number of hydrogen-bond donors (Lipinski definition) is 3. The Labute approximate surface area is 247 Å². The molecule has 2 aliphatic rings. The zero-order valence-electron chi connectivity index (χ0n) is 24.9. The highest BCUT2D eigenvalue weighted by atomic mass is 16.5. The standard InChI is InChI=1S/C33H40N4O5/c1-7-25(28-9-8-10-29(35-28)36-31(40-6)27(15-34)32(38)39)30(21(2)3)42-17-24-12-11-23-16-37(14-13-26(23)22(24)4)18-33(5)19-41-20-33/h7-12,15,34H,1-2,13-14,16-20H2,3-6H3,(H,35,36)(H,38,39)/b30-25-,31-27-,34-15?. The van der Waals surface area contributed by atoms with Crippen molar-refractivity contribution in [2.24, 2.45) is 5.41 Å². The molecule has 0 atom stereocenters. The number of nitrogens with one attached hydrogen (secondary N) is 2. The second kappa shape index (κ2) is 13.2. The van der Waals surface area contributed by atoms with Crippen LogP contribution in [0.25, 0.3) is 5.57 Å². The van der Waals surface area contributed by atoms with E-state index in [9.17, 15) is 9.90 Å². The smallest absolute Gasteiger partial charge is 0.342 e. The molecule has 1 aromatic carbocycles. The lowest BCUT2D eigenvalue weighted by Gasteiger charge is -2.43. The van der Waals surface area contributed by atoms with Crippen LogP contribution in [-0.4, -0.2) is 60.6 Å². The minimum absolute atomic E-state index is 0.0973. The van der Waals surface area contributed by atoms with Crippen molar-refractivity contribution in [1.82, 2.24) is 9.88 Å². The number of nitrogens with zero attached hydrogens (tertiary/aromatic N) is 2. The Kier molecular flexibility index (Phi) is 9.65. The van der Waals surface area contributed by atoms with Gasteiger partial charge in [-0.2, -0.15) is 0 Å². The van der Waals surface area contributed by atoms with E-state index in [1.807, 2.05) is 13.0 Å². The quantitative estimate of drug-likeness (QED) is 0.125. The number of methoxy groups -OCH3 is 1. The number of carboxylic acid groups (broad SMARTS) is 1. The van der Waals surface area contributed by atoms with Crippen molar-refractivity contribution in [2.75, 3.05) is 38.7 Å². The first kappa shape index (κ1) is 30.7. The molecule has 0 radical (unpaired) electrons. The van der Waals surface area contributed by atoms with E-state index in [1.54, 1.807) is 18.2 Å². The van der Waals surface area contributed by atoms with E-state index in [0.29, 0.717) is 35.7 Å². The third kappa shape index (κ3) is 6.80. The van der Waals surface area contributed by atoms with Crippen LogP contribution >= 0.6 is 0 Å². The van der Waals surface area contributed by atoms with Gasteiger partial charge in [-0.1, -0.05) is 44.4 Å². The lowest BCUT2D eigenvalue weighted by Crippen LogP contribution is -2.49. The number of anilines is 1. The van der Waals surface area contributed by atoms with Crippen LogP contribution in [0.15, 0.2) is 72.4 Å². The molecule has 222 valence electrons. The van der Waals surface area contributed by atoms with E-state index in [1.165, 1.54) is 23.8 Å². The van der Waals surface area contributed by atoms with Crippen molar-refractivity contribution in [3.05, 3.63) is 100 Å². The number of aliphatic carboxylic acids is 1. The Bertz CT molecular complexity index is 1450. The monoisotopic (exact) mass is 572 g/mol. The molecule has 0 aliphatic carbocycles. The largest absolute Gasteiger partial charge is 0.488 e. The Hall–Kier alpha value is -4.21. The van der Waals surface area contributed by atoms with Gasteiger partial charge in [-0.25, -0.2) is 9.78 Å². The zero-order valence-corrected chi connectivity index (χ0v) is 24.9. The number of carbonyl (C=O) groups is 1. The minimum Gasteiger partial charge on any atom is -0.488 e. The van der Waals surface area contributed by atoms with Crippen molar-refractivity contribution in [2.45, 2.75) is 40.3 Å². The number of ether oxygens (including phenoxy) is 3. The maximum atomic E-state index is 11.5. The molecule has 1 saturated heterocycles. The van der Waals surface area contributed by atoms with Crippen LogP contribution in [0.4, 0.5) is 5.82 Å². The molecule has 42 heavy (non-hydrogen) atoms. The summed E-state index contributed by atoms with van der Waals surface area (Å²) in [5.41, 5.74) is 7.03. The highest BCUT2D eigenvalue weighted by Crippen LogP contribution is 2.32. The maximum Gasteiger partial charge on any atom is 0.342 e. The summed E-state index contributed by atoms with van der Waals surface area (Å²) in [5.74, 6) is -0.478. The van der Waals surface area contributed by atoms with Crippen LogP contribution in [0.2, 0.25) is 0 Å². The van der Waals surface area contributed by atoms with Crippen molar-refractivity contribution in [3.8, 4) is 0 Å². The van der Waals surface area contributed by atoms with Crippen molar-refractivity contribution < 1.29 is 24.1 Å². The molecule has 1 aromatic heterocycles. The van der Waals surface area contributed by atoms with Gasteiger partial charge in [-0.05, 0) is 60.2 Å². The molecule has 9 heteroatoms. The number of allylic oxidation sites excluding steroid dienone is 3. The lowest BCUT2D eigenvalue weighted by atomic mass is 9.86. The minimum atomic E-state index is -1.29. The summed E-state index contributed by atoms with van der Waals surface area (Å²) >= 11 is 0. The molecular formula is C33H40N4O5. The van der Waals surface area contributed by atoms with Crippen LogP contribution in [0.1, 0.15) is 41.8 Å². The Morgan fingerprint density at radius 3 is 2.67 bits per heavy atom. The summed E-state index contributed by atoms with van der Waals surface area (Å²) in [4.78, 5) is 18.6. The summed E-state index contributed by atoms with van der Waals surface area (Å²) in [6.45, 7) is 19.6. The van der Waals surface area contributed by atoms with E-state index in [4.69, 9.17) is 19.6 Å². The lowest BCUT2D eigenvalue weighted by molar-refractivity contribution is -0.132. The van der Waals surface area contributed by atoms with Crippen molar-refractivity contribution >= 4 is 23.6 Å². The third-order valence-electron chi connectivity index (χ3n) is 7.68. The average Bonchev–Trinajstić information content (AvgIpc) is 2.95. The number of carboxylic acids is 1. The average molecular weight is 573 g/mol. The van der Waals surface area contributed by atoms with Crippen LogP contribution < -0.4 is 5.32 Å². The molecule has 1 fully saturated rings. The topological polar surface area (TPSA) is 117 Å². The van der Waals surface area contributed by atoms with E-state index in [2.05, 4.69) is 54.3 Å². The number of rotatable bonds is 13. The summed E-state index contributed by atoms with van der Waals surface area (Å²) in [5, 5.41) is 19.6. The predicted octanol–water partition coefficient (Wildman–Crippen LogP) is 5.48. The normalized spacial score (nSPS) is 17.0. The molecule has 0 unspecified atom stereocenters. The molecule has 3 heterocycles. The summed E-state index contributed by atoms with van der Waals surface area (Å²) in [7, 11) is 1.32. The number of hydrogen-bond acceptors (Lipinski definition) is 8. The number of fused-ring (bicyclic) bond motifs is 1. The highest BCUT2D eigenvalue weighted by Gasteiger charge is 2.36. The molecule has 3 N–H and O–H groups in total. The van der Waals surface area contributed by atoms with Gasteiger partial charge >= 0.3 is 5.97 Å². The van der Waals surface area contributed by atoms with Crippen LogP contribution in [0.5, 0.6) is 0 Å². The molecule has 0 bridgehead atoms. The molecular weight excluding hydrogens is 532 g/mol. The molecule has 4 rings (SSSR count). The van der Waals surface area contributed by atoms with Gasteiger partial charge < -0.3 is 30.0 Å². The molecule has 2 aromatic rings. The zero-order chi connectivity index (χ0) is 30.4. The van der Waals surface area contributed by atoms with E-state index in [0.717, 1.165) is 50.4 Å². The first-order chi connectivity index (χ1) is 20.1. The van der Waals surface area contributed by atoms with E-state index < -0.39 is 5.97 Å². The number of benzene rings is 1. The van der Waals surface area contributed by atoms with Gasteiger partial charge in [0.25, 0.3) is 0 Å². The van der Waals surface area contributed by atoms with Gasteiger partial charge in [0, 0.05) is 36.8 Å². The van der Waals surface area contributed by atoms with Gasteiger partial charge in [0.05, 0.1) is 26.0 Å². The molecule has 2 aliphatic heterocycles. The maximum absolute atomic E-state index is 11.5. The van der Waals surface area contributed by atoms with Crippen molar-refractivity contribution in [3.63, 3.8) is 0 Å². The van der Waals surface area contributed by atoms with Crippen LogP contribution in [-0.2, 0) is 38.6 Å². The highest BCUT2D eigenvalue weighted by molar-refractivity contribution is 6.08. The first-order valence-electron chi connectivity index (χ1n) is 13.9. The van der Waals surface area contributed by atoms with Crippen LogP contribution in [0.3, 0.4) is 0 Å². The molecule has 0 spiro atoms.